The summed E-state index contributed by atoms with van der Waals surface area (Å²) in [6, 6.07) is 5.82. The van der Waals surface area contributed by atoms with Crippen molar-refractivity contribution < 1.29 is 4.79 Å². The Morgan fingerprint density at radius 3 is 2.60 bits per heavy atom. The number of rotatable bonds is 4. The molecule has 0 spiro atoms. The van der Waals surface area contributed by atoms with Crippen LogP contribution in [0.4, 0.5) is 0 Å². The second kappa shape index (κ2) is 7.85. The maximum Gasteiger partial charge on any atom is 0.254 e. The lowest BCUT2D eigenvalue weighted by atomic mass is 9.93. The van der Waals surface area contributed by atoms with E-state index < -0.39 is 0 Å². The second-order valence-electron chi connectivity index (χ2n) is 5.11. The van der Waals surface area contributed by atoms with Gasteiger partial charge in [0.1, 0.15) is 0 Å². The zero-order chi connectivity index (χ0) is 14.5. The Balaban J connectivity index is 2.18. The number of benzene rings is 1. The second-order valence-corrected chi connectivity index (χ2v) is 7.06. The maximum absolute atomic E-state index is 12.7. The number of amides is 1. The lowest BCUT2D eigenvalue weighted by Crippen LogP contribution is -2.42. The van der Waals surface area contributed by atoms with E-state index in [1.54, 1.807) is 6.07 Å². The molecule has 0 aromatic heterocycles. The molecule has 0 aliphatic heterocycles. The van der Waals surface area contributed by atoms with Crippen molar-refractivity contribution in [1.29, 1.82) is 0 Å². The van der Waals surface area contributed by atoms with Crippen molar-refractivity contribution in [2.75, 3.05) is 12.4 Å². The van der Waals surface area contributed by atoms with E-state index in [-0.39, 0.29) is 5.91 Å². The molecule has 0 saturated heterocycles. The first kappa shape index (κ1) is 16.4. The molecule has 0 heterocycles. The van der Waals surface area contributed by atoms with Crippen LogP contribution in [0.5, 0.6) is 0 Å². The molecule has 1 aliphatic carbocycles. The minimum Gasteiger partial charge on any atom is -0.334 e. The van der Waals surface area contributed by atoms with Crippen LogP contribution >= 0.6 is 45.8 Å². The van der Waals surface area contributed by atoms with Gasteiger partial charge in [-0.15, -0.1) is 11.6 Å². The first-order valence-corrected chi connectivity index (χ1v) is 8.94. The van der Waals surface area contributed by atoms with E-state index >= 15 is 0 Å². The number of carbonyl (C=O) groups is 1. The topological polar surface area (TPSA) is 20.3 Å². The van der Waals surface area contributed by atoms with E-state index in [4.69, 9.17) is 23.2 Å². The monoisotopic (exact) mass is 425 g/mol. The Labute approximate surface area is 143 Å². The molecule has 0 atom stereocenters. The number of nitrogens with zero attached hydrogens (tertiary/aromatic N) is 1. The van der Waals surface area contributed by atoms with Gasteiger partial charge in [-0.05, 0) is 53.6 Å². The molecule has 110 valence electrons. The van der Waals surface area contributed by atoms with Crippen molar-refractivity contribution in [2.24, 2.45) is 0 Å². The normalized spacial score (nSPS) is 16.1. The Kier molecular flexibility index (Phi) is 6.43. The summed E-state index contributed by atoms with van der Waals surface area (Å²) >= 11 is 14.2. The summed E-state index contributed by atoms with van der Waals surface area (Å²) in [6.07, 6.45) is 5.84. The van der Waals surface area contributed by atoms with Gasteiger partial charge in [0.15, 0.2) is 0 Å². The third-order valence-corrected chi connectivity index (χ3v) is 5.51. The van der Waals surface area contributed by atoms with Crippen LogP contribution in [0.2, 0.25) is 5.02 Å². The predicted octanol–water partition coefficient (Wildman–Crippen LogP) is 4.96. The molecule has 1 saturated carbocycles. The smallest absolute Gasteiger partial charge is 0.254 e. The fourth-order valence-corrected chi connectivity index (χ4v) is 3.43. The van der Waals surface area contributed by atoms with Gasteiger partial charge in [0.25, 0.3) is 5.91 Å². The van der Waals surface area contributed by atoms with E-state index in [2.05, 4.69) is 22.6 Å². The molecule has 5 heteroatoms. The number of hydrogen-bond acceptors (Lipinski definition) is 1. The molecule has 0 unspecified atom stereocenters. The van der Waals surface area contributed by atoms with Crippen molar-refractivity contribution >= 4 is 51.7 Å². The van der Waals surface area contributed by atoms with Crippen LogP contribution in [0.1, 0.15) is 42.5 Å². The number of halogens is 3. The van der Waals surface area contributed by atoms with Crippen LogP contribution in [0, 0.1) is 3.57 Å². The van der Waals surface area contributed by atoms with Gasteiger partial charge in [-0.1, -0.05) is 30.9 Å². The van der Waals surface area contributed by atoms with Crippen LogP contribution in [0.25, 0.3) is 0 Å². The van der Waals surface area contributed by atoms with Gasteiger partial charge >= 0.3 is 0 Å². The first-order valence-electron chi connectivity index (χ1n) is 6.95. The summed E-state index contributed by atoms with van der Waals surface area (Å²) in [5, 5.41) is 0.630. The average molecular weight is 426 g/mol. The Morgan fingerprint density at radius 1 is 1.30 bits per heavy atom. The summed E-state index contributed by atoms with van der Waals surface area (Å²) in [7, 11) is 0. The molecule has 2 nitrogen and oxygen atoms in total. The summed E-state index contributed by atoms with van der Waals surface area (Å²) in [4.78, 5) is 14.6. The standard InChI is InChI=1S/C15H18Cl2INO/c16-8-9-19(12-4-2-1-3-5-12)15(20)11-6-7-14(18)13(17)10-11/h6-7,10,12H,1-5,8-9H2. The van der Waals surface area contributed by atoms with Gasteiger partial charge in [0.05, 0.1) is 5.02 Å². The SMILES string of the molecule is O=C(c1ccc(I)c(Cl)c1)N(CCCl)C1CCCCC1. The fourth-order valence-electron chi connectivity index (χ4n) is 2.73. The molecule has 0 bridgehead atoms. The Morgan fingerprint density at radius 2 is 2.00 bits per heavy atom. The molecule has 1 aliphatic rings. The molecule has 2 rings (SSSR count). The van der Waals surface area contributed by atoms with Gasteiger partial charge < -0.3 is 4.90 Å². The van der Waals surface area contributed by atoms with E-state index in [0.717, 1.165) is 16.4 Å². The highest BCUT2D eigenvalue weighted by Crippen LogP contribution is 2.26. The fraction of sp³-hybridized carbons (Fsp3) is 0.533. The molecule has 1 aromatic carbocycles. The predicted molar refractivity (Wildman–Crippen MR) is 92.8 cm³/mol. The lowest BCUT2D eigenvalue weighted by Gasteiger charge is -2.34. The molecule has 0 radical (unpaired) electrons. The molecular formula is C15H18Cl2INO. The third-order valence-electron chi connectivity index (χ3n) is 3.77. The van der Waals surface area contributed by atoms with Crippen molar-refractivity contribution in [3.8, 4) is 0 Å². The Hall–Kier alpha value is -0.000000000000000167. The minimum absolute atomic E-state index is 0.0517. The molecular weight excluding hydrogens is 408 g/mol. The van der Waals surface area contributed by atoms with E-state index in [1.807, 2.05) is 17.0 Å². The van der Waals surface area contributed by atoms with Crippen LogP contribution in [-0.2, 0) is 0 Å². The highest BCUT2D eigenvalue weighted by Gasteiger charge is 2.26. The van der Waals surface area contributed by atoms with E-state index in [1.165, 1.54) is 19.3 Å². The lowest BCUT2D eigenvalue weighted by molar-refractivity contribution is 0.0649. The number of hydrogen-bond donors (Lipinski definition) is 0. The van der Waals surface area contributed by atoms with Gasteiger partial charge in [-0.3, -0.25) is 4.79 Å². The van der Waals surface area contributed by atoms with Crippen LogP contribution in [0.3, 0.4) is 0 Å². The average Bonchev–Trinajstić information content (AvgIpc) is 2.48. The zero-order valence-electron chi connectivity index (χ0n) is 11.2. The maximum atomic E-state index is 12.7. The molecule has 1 fully saturated rings. The summed E-state index contributed by atoms with van der Waals surface area (Å²) in [6.45, 7) is 0.606. The number of carbonyl (C=O) groups excluding carboxylic acids is 1. The van der Waals surface area contributed by atoms with Crippen LogP contribution < -0.4 is 0 Å². The van der Waals surface area contributed by atoms with Crippen LogP contribution in [-0.4, -0.2) is 29.3 Å². The zero-order valence-corrected chi connectivity index (χ0v) is 14.9. The van der Waals surface area contributed by atoms with Gasteiger partial charge in [-0.2, -0.15) is 0 Å². The largest absolute Gasteiger partial charge is 0.334 e. The molecule has 1 amide bonds. The summed E-state index contributed by atoms with van der Waals surface area (Å²) in [5.41, 5.74) is 0.658. The van der Waals surface area contributed by atoms with Crippen molar-refractivity contribution in [1.82, 2.24) is 4.90 Å². The molecule has 20 heavy (non-hydrogen) atoms. The molecule has 0 N–H and O–H groups in total. The quantitative estimate of drug-likeness (QED) is 0.493. The van der Waals surface area contributed by atoms with Gasteiger partial charge in [0.2, 0.25) is 0 Å². The van der Waals surface area contributed by atoms with Crippen molar-refractivity contribution in [2.45, 2.75) is 38.1 Å². The Bertz CT molecular complexity index is 475. The minimum atomic E-state index is 0.0517. The summed E-state index contributed by atoms with van der Waals surface area (Å²) < 4.78 is 0.961. The van der Waals surface area contributed by atoms with E-state index in [9.17, 15) is 4.79 Å². The van der Waals surface area contributed by atoms with Crippen molar-refractivity contribution in [3.05, 3.63) is 32.4 Å². The van der Waals surface area contributed by atoms with Gasteiger partial charge in [-0.25, -0.2) is 0 Å². The van der Waals surface area contributed by atoms with Gasteiger partial charge in [0, 0.05) is 27.6 Å². The first-order chi connectivity index (χ1) is 9.63. The third kappa shape index (κ3) is 4.01. The number of alkyl halides is 1. The highest BCUT2D eigenvalue weighted by molar-refractivity contribution is 14.1. The molecule has 1 aromatic rings. The van der Waals surface area contributed by atoms with E-state index in [0.29, 0.717) is 29.1 Å². The van der Waals surface area contributed by atoms with Crippen molar-refractivity contribution in [3.63, 3.8) is 0 Å². The highest BCUT2D eigenvalue weighted by atomic mass is 127. The summed E-state index contributed by atoms with van der Waals surface area (Å²) in [5.74, 6) is 0.524. The van der Waals surface area contributed by atoms with Crippen LogP contribution in [0.15, 0.2) is 18.2 Å².